The van der Waals surface area contributed by atoms with E-state index in [-0.39, 0.29) is 17.4 Å². The second-order valence-corrected chi connectivity index (χ2v) is 5.69. The van der Waals surface area contributed by atoms with Gasteiger partial charge in [-0.3, -0.25) is 9.00 Å². The zero-order chi connectivity index (χ0) is 14.4. The number of carbonyl (C=O) groups is 1. The van der Waals surface area contributed by atoms with E-state index in [2.05, 4.69) is 5.32 Å². The van der Waals surface area contributed by atoms with Gasteiger partial charge in [-0.2, -0.15) is 0 Å². The molecule has 20 heavy (non-hydrogen) atoms. The van der Waals surface area contributed by atoms with Crippen molar-refractivity contribution in [2.75, 3.05) is 11.1 Å². The molecule has 0 aliphatic heterocycles. The third-order valence-corrected chi connectivity index (χ3v) is 3.84. The molecule has 0 bridgehead atoms. The average Bonchev–Trinajstić information content (AvgIpc) is 2.42. The van der Waals surface area contributed by atoms with E-state index in [4.69, 9.17) is 0 Å². The highest BCUT2D eigenvalue weighted by Crippen LogP contribution is 2.10. The van der Waals surface area contributed by atoms with Gasteiger partial charge in [0.25, 0.3) is 0 Å². The minimum Gasteiger partial charge on any atom is -0.325 e. The Labute approximate surface area is 119 Å². The van der Waals surface area contributed by atoms with Crippen LogP contribution in [0.3, 0.4) is 0 Å². The predicted molar refractivity (Wildman–Crippen MR) is 78.2 cm³/mol. The maximum Gasteiger partial charge on any atom is 0.237 e. The van der Waals surface area contributed by atoms with Crippen molar-refractivity contribution in [3.63, 3.8) is 0 Å². The quantitative estimate of drug-likeness (QED) is 0.920. The second kappa shape index (κ2) is 6.96. The number of rotatable bonds is 5. The van der Waals surface area contributed by atoms with Crippen molar-refractivity contribution in [2.45, 2.75) is 5.75 Å². The molecule has 0 radical (unpaired) electrons. The van der Waals surface area contributed by atoms with Crippen molar-refractivity contribution in [3.05, 3.63) is 66.0 Å². The molecule has 0 heterocycles. The standard InChI is InChI=1S/C15H14FNO2S/c16-14-9-5-4-6-12(14)10-20(19)11-15(18)17-13-7-2-1-3-8-13/h1-9H,10-11H2,(H,17,18). The van der Waals surface area contributed by atoms with E-state index in [1.807, 2.05) is 6.07 Å². The number of para-hydroxylation sites is 1. The van der Waals surface area contributed by atoms with Crippen LogP contribution in [0.15, 0.2) is 54.6 Å². The third kappa shape index (κ3) is 4.28. The third-order valence-electron chi connectivity index (χ3n) is 2.62. The highest BCUT2D eigenvalue weighted by molar-refractivity contribution is 7.84. The number of hydrogen-bond acceptors (Lipinski definition) is 2. The smallest absolute Gasteiger partial charge is 0.237 e. The molecule has 0 aliphatic rings. The van der Waals surface area contributed by atoms with Crippen LogP contribution >= 0.6 is 0 Å². The molecule has 104 valence electrons. The highest BCUT2D eigenvalue weighted by atomic mass is 32.2. The highest BCUT2D eigenvalue weighted by Gasteiger charge is 2.11. The van der Waals surface area contributed by atoms with Crippen LogP contribution in [-0.4, -0.2) is 15.9 Å². The first-order chi connectivity index (χ1) is 9.65. The molecule has 2 aromatic carbocycles. The SMILES string of the molecule is O=C(CS(=O)Cc1ccccc1F)Nc1ccccc1. The maximum absolute atomic E-state index is 13.4. The van der Waals surface area contributed by atoms with Crippen LogP contribution in [0.25, 0.3) is 0 Å². The van der Waals surface area contributed by atoms with Gasteiger partial charge in [-0.25, -0.2) is 4.39 Å². The van der Waals surface area contributed by atoms with Crippen molar-refractivity contribution in [3.8, 4) is 0 Å². The van der Waals surface area contributed by atoms with E-state index in [1.54, 1.807) is 42.5 Å². The Morgan fingerprint density at radius 2 is 1.70 bits per heavy atom. The summed E-state index contributed by atoms with van der Waals surface area (Å²) in [5, 5.41) is 2.65. The Balaban J connectivity index is 1.89. The maximum atomic E-state index is 13.4. The zero-order valence-corrected chi connectivity index (χ0v) is 11.5. The van der Waals surface area contributed by atoms with Gasteiger partial charge in [0.2, 0.25) is 5.91 Å². The minimum absolute atomic E-state index is 0.0366. The molecule has 2 aromatic rings. The molecule has 5 heteroatoms. The van der Waals surface area contributed by atoms with Crippen LogP contribution in [0.4, 0.5) is 10.1 Å². The fourth-order valence-electron chi connectivity index (χ4n) is 1.70. The monoisotopic (exact) mass is 291 g/mol. The van der Waals surface area contributed by atoms with Gasteiger partial charge in [-0.15, -0.1) is 0 Å². The fourth-order valence-corrected chi connectivity index (χ4v) is 2.75. The van der Waals surface area contributed by atoms with Gasteiger partial charge in [0, 0.05) is 22.1 Å². The zero-order valence-electron chi connectivity index (χ0n) is 10.7. The van der Waals surface area contributed by atoms with E-state index in [0.29, 0.717) is 11.3 Å². The first-order valence-corrected chi connectivity index (χ1v) is 7.57. The van der Waals surface area contributed by atoms with Gasteiger partial charge in [-0.1, -0.05) is 36.4 Å². The van der Waals surface area contributed by atoms with Gasteiger partial charge in [0.1, 0.15) is 11.6 Å². The lowest BCUT2D eigenvalue weighted by Gasteiger charge is -2.06. The summed E-state index contributed by atoms with van der Waals surface area (Å²) in [6, 6.07) is 15.1. The summed E-state index contributed by atoms with van der Waals surface area (Å²) in [4.78, 5) is 11.7. The van der Waals surface area contributed by atoms with Gasteiger partial charge in [0.05, 0.1) is 5.75 Å². The molecule has 0 saturated heterocycles. The number of anilines is 1. The summed E-state index contributed by atoms with van der Waals surface area (Å²) in [5.74, 6) is -0.854. The lowest BCUT2D eigenvalue weighted by molar-refractivity contribution is -0.113. The Kier molecular flexibility index (Phi) is 5.01. The molecule has 1 unspecified atom stereocenters. The Morgan fingerprint density at radius 1 is 1.05 bits per heavy atom. The topological polar surface area (TPSA) is 46.2 Å². The summed E-state index contributed by atoms with van der Waals surface area (Å²) >= 11 is 0. The van der Waals surface area contributed by atoms with Crippen LogP contribution in [-0.2, 0) is 21.3 Å². The lowest BCUT2D eigenvalue weighted by atomic mass is 10.2. The first kappa shape index (κ1) is 14.4. The van der Waals surface area contributed by atoms with E-state index >= 15 is 0 Å². The number of carbonyl (C=O) groups excluding carboxylic acids is 1. The molecule has 1 amide bonds. The van der Waals surface area contributed by atoms with Crippen LogP contribution < -0.4 is 5.32 Å². The van der Waals surface area contributed by atoms with Crippen molar-refractivity contribution >= 4 is 22.4 Å². The Morgan fingerprint density at radius 3 is 2.40 bits per heavy atom. The molecular formula is C15H14FNO2S. The summed E-state index contributed by atoms with van der Waals surface area (Å²) in [7, 11) is -1.44. The molecule has 1 N–H and O–H groups in total. The molecule has 1 atom stereocenters. The molecule has 0 spiro atoms. The summed E-state index contributed by atoms with van der Waals surface area (Å²) in [5.41, 5.74) is 1.01. The van der Waals surface area contributed by atoms with Crippen molar-refractivity contribution in [1.29, 1.82) is 0 Å². The van der Waals surface area contributed by atoms with E-state index in [9.17, 15) is 13.4 Å². The largest absolute Gasteiger partial charge is 0.325 e. The number of amides is 1. The summed E-state index contributed by atoms with van der Waals surface area (Å²) in [6.07, 6.45) is 0. The van der Waals surface area contributed by atoms with Crippen molar-refractivity contribution in [2.24, 2.45) is 0 Å². The Hall–Kier alpha value is -2.01. The molecular weight excluding hydrogens is 277 g/mol. The van der Waals surface area contributed by atoms with Gasteiger partial charge >= 0.3 is 0 Å². The summed E-state index contributed by atoms with van der Waals surface area (Å²) < 4.78 is 25.2. The van der Waals surface area contributed by atoms with Crippen molar-refractivity contribution in [1.82, 2.24) is 0 Å². The summed E-state index contributed by atoms with van der Waals surface area (Å²) in [6.45, 7) is 0. The van der Waals surface area contributed by atoms with E-state index < -0.39 is 16.6 Å². The predicted octanol–water partition coefficient (Wildman–Crippen LogP) is 2.71. The number of halogens is 1. The second-order valence-electron chi connectivity index (χ2n) is 4.23. The van der Waals surface area contributed by atoms with Crippen molar-refractivity contribution < 1.29 is 13.4 Å². The minimum atomic E-state index is -1.44. The van der Waals surface area contributed by atoms with Crippen LogP contribution in [0, 0.1) is 5.82 Å². The molecule has 2 rings (SSSR count). The van der Waals surface area contributed by atoms with E-state index in [0.717, 1.165) is 0 Å². The molecule has 0 saturated carbocycles. The normalized spacial score (nSPS) is 11.8. The van der Waals surface area contributed by atoms with Gasteiger partial charge < -0.3 is 5.32 Å². The van der Waals surface area contributed by atoms with Crippen LogP contribution in [0.2, 0.25) is 0 Å². The number of hydrogen-bond donors (Lipinski definition) is 1. The Bertz CT molecular complexity index is 616. The van der Waals surface area contributed by atoms with Gasteiger partial charge in [0.15, 0.2) is 0 Å². The molecule has 0 fully saturated rings. The number of nitrogens with one attached hydrogen (secondary N) is 1. The molecule has 0 aromatic heterocycles. The lowest BCUT2D eigenvalue weighted by Crippen LogP contribution is -2.20. The van der Waals surface area contributed by atoms with Gasteiger partial charge in [-0.05, 0) is 18.2 Å². The fraction of sp³-hybridized carbons (Fsp3) is 0.133. The van der Waals surface area contributed by atoms with Crippen LogP contribution in [0.1, 0.15) is 5.56 Å². The van der Waals surface area contributed by atoms with Crippen LogP contribution in [0.5, 0.6) is 0 Å². The molecule has 3 nitrogen and oxygen atoms in total. The average molecular weight is 291 g/mol. The first-order valence-electron chi connectivity index (χ1n) is 6.08. The number of benzene rings is 2. The van der Waals surface area contributed by atoms with E-state index in [1.165, 1.54) is 6.07 Å². The molecule has 0 aliphatic carbocycles.